The molecule has 1 aromatic rings. The normalized spacial score (nSPS) is 15.2. The Morgan fingerprint density at radius 3 is 1.77 bits per heavy atom. The first-order valence-electron chi connectivity index (χ1n) is 13.4. The first-order valence-corrected chi connectivity index (χ1v) is 13.4. The molecule has 0 saturated carbocycles. The number of hydrogen-bond donors (Lipinski definition) is 2. The molecule has 4 atom stereocenters. The van der Waals surface area contributed by atoms with Crippen LogP contribution in [0.25, 0.3) is 0 Å². The summed E-state index contributed by atoms with van der Waals surface area (Å²) in [7, 11) is 0. The third-order valence-electron chi connectivity index (χ3n) is 6.29. The largest absolute Gasteiger partial charge is 0.480 e. The molecule has 0 fully saturated rings. The van der Waals surface area contributed by atoms with E-state index in [-0.39, 0.29) is 59.6 Å². The second kappa shape index (κ2) is 13.9. The van der Waals surface area contributed by atoms with Gasteiger partial charge in [0.25, 0.3) is 0 Å². The van der Waals surface area contributed by atoms with Gasteiger partial charge < -0.3 is 25.1 Å². The minimum atomic E-state index is -1.34. The molecule has 0 aromatic heterocycles. The van der Waals surface area contributed by atoms with Gasteiger partial charge in [-0.1, -0.05) is 75.3 Å². The van der Waals surface area contributed by atoms with Crippen molar-refractivity contribution in [1.29, 1.82) is 0 Å². The number of nitrogens with two attached hydrogens (primary N) is 1. The number of hydrogen-bond acceptors (Lipinski definition) is 8. The van der Waals surface area contributed by atoms with Crippen LogP contribution < -0.4 is 15.2 Å². The third kappa shape index (κ3) is 11.8. The molecule has 3 unspecified atom stereocenters. The van der Waals surface area contributed by atoms with Gasteiger partial charge >= 0.3 is 23.9 Å². The highest BCUT2D eigenvalue weighted by atomic mass is 16.6. The molecule has 9 heteroatoms. The smallest absolute Gasteiger partial charge is 0.321 e. The SMILES string of the molecule is CC(C)C(C)C(=O)OCC(C)C(c1ccc(OC(=O)CC(C)(C)C)c(OC(=O)CC(C)(C)C)c1)[C@H](N)C(=O)O. The molecule has 0 heterocycles. The van der Waals surface area contributed by atoms with Gasteiger partial charge in [-0.05, 0) is 40.4 Å². The molecular formula is C30H47NO8. The van der Waals surface area contributed by atoms with Crippen LogP contribution in [0.2, 0.25) is 0 Å². The third-order valence-corrected chi connectivity index (χ3v) is 6.29. The first-order chi connectivity index (χ1) is 17.7. The van der Waals surface area contributed by atoms with Gasteiger partial charge in [0.05, 0.1) is 25.4 Å². The zero-order valence-corrected chi connectivity index (χ0v) is 25.1. The van der Waals surface area contributed by atoms with Crippen molar-refractivity contribution >= 4 is 23.9 Å². The molecule has 1 aromatic carbocycles. The van der Waals surface area contributed by atoms with Gasteiger partial charge in [0, 0.05) is 5.92 Å². The zero-order chi connectivity index (χ0) is 30.3. The van der Waals surface area contributed by atoms with E-state index in [0.717, 1.165) is 0 Å². The van der Waals surface area contributed by atoms with Gasteiger partial charge in [-0.25, -0.2) is 0 Å². The van der Waals surface area contributed by atoms with Crippen molar-refractivity contribution in [3.05, 3.63) is 23.8 Å². The molecule has 0 bridgehead atoms. The Morgan fingerprint density at radius 1 is 0.846 bits per heavy atom. The molecule has 0 aliphatic carbocycles. The maximum absolute atomic E-state index is 12.7. The zero-order valence-electron chi connectivity index (χ0n) is 25.1. The van der Waals surface area contributed by atoms with Gasteiger partial charge in [0.15, 0.2) is 11.5 Å². The molecule has 0 spiro atoms. The minimum absolute atomic E-state index is 0.00998. The van der Waals surface area contributed by atoms with Crippen LogP contribution in [-0.4, -0.2) is 41.6 Å². The van der Waals surface area contributed by atoms with Gasteiger partial charge in [0.1, 0.15) is 6.04 Å². The van der Waals surface area contributed by atoms with Gasteiger partial charge in [-0.2, -0.15) is 0 Å². The Balaban J connectivity index is 3.43. The fourth-order valence-corrected chi connectivity index (χ4v) is 3.84. The molecule has 1 rings (SSSR count). The summed E-state index contributed by atoms with van der Waals surface area (Å²) >= 11 is 0. The van der Waals surface area contributed by atoms with Crippen LogP contribution >= 0.6 is 0 Å². The number of aliphatic carboxylic acids is 1. The summed E-state index contributed by atoms with van der Waals surface area (Å²) in [4.78, 5) is 49.6. The lowest BCUT2D eigenvalue weighted by molar-refractivity contribution is -0.151. The van der Waals surface area contributed by atoms with Crippen LogP contribution in [0.4, 0.5) is 0 Å². The Bertz CT molecular complexity index is 1020. The second-order valence-corrected chi connectivity index (χ2v) is 13.2. The van der Waals surface area contributed by atoms with Crippen molar-refractivity contribution in [1.82, 2.24) is 0 Å². The molecule has 0 amide bonds. The highest BCUT2D eigenvalue weighted by Crippen LogP contribution is 2.37. The monoisotopic (exact) mass is 549 g/mol. The van der Waals surface area contributed by atoms with E-state index in [1.54, 1.807) is 19.9 Å². The molecule has 0 radical (unpaired) electrons. The number of carboxylic acid groups (broad SMARTS) is 1. The maximum Gasteiger partial charge on any atom is 0.321 e. The van der Waals surface area contributed by atoms with Crippen LogP contribution in [0.1, 0.15) is 93.6 Å². The standard InChI is InChI=1S/C30H47NO8/c1-17(2)19(4)28(36)37-16-18(3)25(26(31)27(34)35)20-11-12-21(38-23(32)14-29(5,6)7)22(13-20)39-24(33)15-30(8,9)10/h11-13,17-19,25-26H,14-16,31H2,1-10H3,(H,34,35)/t18?,19?,25?,26-/m0/s1. The lowest BCUT2D eigenvalue weighted by Crippen LogP contribution is -2.41. The number of carboxylic acids is 1. The van der Waals surface area contributed by atoms with Gasteiger partial charge in [0.2, 0.25) is 0 Å². The van der Waals surface area contributed by atoms with E-state index >= 15 is 0 Å². The topological polar surface area (TPSA) is 142 Å². The minimum Gasteiger partial charge on any atom is -0.480 e. The molecule has 39 heavy (non-hydrogen) atoms. The van der Waals surface area contributed by atoms with Crippen molar-refractivity contribution in [2.75, 3.05) is 6.61 Å². The van der Waals surface area contributed by atoms with Crippen LogP contribution in [0.3, 0.4) is 0 Å². The van der Waals surface area contributed by atoms with E-state index in [1.807, 2.05) is 55.4 Å². The summed E-state index contributed by atoms with van der Waals surface area (Å²) < 4.78 is 16.7. The quantitative estimate of drug-likeness (QED) is 0.261. The number of ether oxygens (including phenoxy) is 3. The predicted molar refractivity (Wildman–Crippen MR) is 148 cm³/mol. The predicted octanol–water partition coefficient (Wildman–Crippen LogP) is 5.34. The second-order valence-electron chi connectivity index (χ2n) is 13.2. The van der Waals surface area contributed by atoms with E-state index in [9.17, 15) is 24.3 Å². The Kier molecular flexibility index (Phi) is 12.2. The molecule has 3 N–H and O–H groups in total. The Morgan fingerprint density at radius 2 is 1.33 bits per heavy atom. The number of carbonyl (C=O) groups is 4. The van der Waals surface area contributed by atoms with Crippen LogP contribution in [0, 0.1) is 28.6 Å². The summed E-state index contributed by atoms with van der Waals surface area (Å²) in [6.07, 6.45) is 0.235. The number of benzene rings is 1. The Labute approximate surface area is 232 Å². The molecule has 0 aliphatic heterocycles. The summed E-state index contributed by atoms with van der Waals surface area (Å²) in [5, 5.41) is 9.74. The summed E-state index contributed by atoms with van der Waals surface area (Å²) in [6.45, 7) is 18.6. The lowest BCUT2D eigenvalue weighted by Gasteiger charge is -2.28. The van der Waals surface area contributed by atoms with Crippen molar-refractivity contribution in [3.63, 3.8) is 0 Å². The Hall–Kier alpha value is -2.94. The van der Waals surface area contributed by atoms with E-state index < -0.39 is 35.8 Å². The average Bonchev–Trinajstić information content (AvgIpc) is 2.75. The summed E-state index contributed by atoms with van der Waals surface area (Å²) in [6, 6.07) is 3.19. The van der Waals surface area contributed by atoms with Crippen molar-refractivity contribution in [3.8, 4) is 11.5 Å². The van der Waals surface area contributed by atoms with E-state index in [0.29, 0.717) is 5.56 Å². The summed E-state index contributed by atoms with van der Waals surface area (Å²) in [5.41, 5.74) is 5.87. The number of esters is 3. The lowest BCUT2D eigenvalue weighted by atomic mass is 9.82. The number of carbonyl (C=O) groups excluding carboxylic acids is 3. The first kappa shape index (κ1) is 34.1. The molecule has 220 valence electrons. The van der Waals surface area contributed by atoms with Crippen LogP contribution in [-0.2, 0) is 23.9 Å². The van der Waals surface area contributed by atoms with E-state index in [4.69, 9.17) is 19.9 Å². The molecule has 0 saturated heterocycles. The highest BCUT2D eigenvalue weighted by Gasteiger charge is 2.33. The number of rotatable bonds is 12. The van der Waals surface area contributed by atoms with Crippen molar-refractivity contribution in [2.24, 2.45) is 34.3 Å². The maximum atomic E-state index is 12.7. The van der Waals surface area contributed by atoms with Crippen LogP contribution in [0.5, 0.6) is 11.5 Å². The van der Waals surface area contributed by atoms with Crippen molar-refractivity contribution < 1.29 is 38.5 Å². The molecular weight excluding hydrogens is 502 g/mol. The summed E-state index contributed by atoms with van der Waals surface area (Å²) in [5.74, 6) is -4.14. The van der Waals surface area contributed by atoms with E-state index in [1.165, 1.54) is 12.1 Å². The van der Waals surface area contributed by atoms with Crippen molar-refractivity contribution in [2.45, 2.75) is 94.0 Å². The molecule has 0 aliphatic rings. The fraction of sp³-hybridized carbons (Fsp3) is 0.667. The van der Waals surface area contributed by atoms with Crippen LogP contribution in [0.15, 0.2) is 18.2 Å². The fourth-order valence-electron chi connectivity index (χ4n) is 3.84. The van der Waals surface area contributed by atoms with Gasteiger partial charge in [-0.3, -0.25) is 19.2 Å². The van der Waals surface area contributed by atoms with E-state index in [2.05, 4.69) is 0 Å². The van der Waals surface area contributed by atoms with Gasteiger partial charge in [-0.15, -0.1) is 0 Å². The highest BCUT2D eigenvalue weighted by molar-refractivity contribution is 5.78. The molecule has 9 nitrogen and oxygen atoms in total. The average molecular weight is 550 g/mol.